The Morgan fingerprint density at radius 2 is 1.82 bits per heavy atom. The van der Waals surface area contributed by atoms with Crippen molar-refractivity contribution >= 4 is 22.3 Å². The number of hydrogen-bond acceptors (Lipinski definition) is 9. The summed E-state index contributed by atoms with van der Waals surface area (Å²) in [7, 11) is 0. The van der Waals surface area contributed by atoms with E-state index >= 15 is 0 Å². The molecule has 0 amide bonds. The van der Waals surface area contributed by atoms with Gasteiger partial charge in [0, 0.05) is 50.6 Å². The second-order valence-electron chi connectivity index (χ2n) is 7.72. The molecule has 10 nitrogen and oxygen atoms in total. The van der Waals surface area contributed by atoms with Crippen molar-refractivity contribution in [2.45, 2.75) is 0 Å². The van der Waals surface area contributed by atoms with Gasteiger partial charge in [-0.1, -0.05) is 30.3 Å². The monoisotopic (exact) mass is 446 g/mol. The van der Waals surface area contributed by atoms with Gasteiger partial charge < -0.3 is 9.64 Å². The smallest absolute Gasteiger partial charge is 0.283 e. The molecule has 3 heterocycles. The molecular weight excluding hydrogens is 424 g/mol. The number of aromatic nitrogens is 3. The number of nitrogens with zero attached hydrogens (tertiary/aromatic N) is 6. The second kappa shape index (κ2) is 9.21. The largest absolute Gasteiger partial charge is 0.473 e. The number of fused-ring (bicyclic) bond motifs is 1. The van der Waals surface area contributed by atoms with E-state index in [0.717, 1.165) is 44.0 Å². The number of nitro benzene ring substituents is 1. The van der Waals surface area contributed by atoms with Gasteiger partial charge in [0.2, 0.25) is 0 Å². The Morgan fingerprint density at radius 1 is 1.00 bits per heavy atom. The van der Waals surface area contributed by atoms with Crippen LogP contribution in [0.2, 0.25) is 0 Å². The molecule has 1 saturated heterocycles. The van der Waals surface area contributed by atoms with E-state index in [1.54, 1.807) is 30.5 Å². The summed E-state index contributed by atoms with van der Waals surface area (Å²) in [5, 5.41) is 19.8. The molecule has 10 heteroatoms. The van der Waals surface area contributed by atoms with Crippen LogP contribution in [0, 0.1) is 10.1 Å². The molecular formula is C23H22N6O4. The second-order valence-corrected chi connectivity index (χ2v) is 7.72. The molecule has 1 fully saturated rings. The van der Waals surface area contributed by atoms with Crippen LogP contribution in [-0.4, -0.2) is 64.5 Å². The number of pyridine rings is 1. The Labute approximate surface area is 189 Å². The van der Waals surface area contributed by atoms with E-state index in [2.05, 4.69) is 25.1 Å². The van der Waals surface area contributed by atoms with Gasteiger partial charge in [-0.05, 0) is 28.5 Å². The van der Waals surface area contributed by atoms with Gasteiger partial charge in [-0.2, -0.15) is 0 Å². The summed E-state index contributed by atoms with van der Waals surface area (Å²) < 4.78 is 10.7. The Kier molecular flexibility index (Phi) is 5.81. The average molecular weight is 446 g/mol. The summed E-state index contributed by atoms with van der Waals surface area (Å²) in [6.07, 6.45) is 1.67. The minimum atomic E-state index is -0.362. The van der Waals surface area contributed by atoms with Gasteiger partial charge in [0.1, 0.15) is 12.1 Å². The summed E-state index contributed by atoms with van der Waals surface area (Å²) in [6, 6.07) is 16.5. The predicted molar refractivity (Wildman–Crippen MR) is 122 cm³/mol. The van der Waals surface area contributed by atoms with Crippen molar-refractivity contribution in [3.8, 4) is 17.1 Å². The molecule has 0 spiro atoms. The van der Waals surface area contributed by atoms with E-state index in [9.17, 15) is 10.1 Å². The van der Waals surface area contributed by atoms with Crippen LogP contribution in [0.5, 0.6) is 5.88 Å². The Bertz CT molecular complexity index is 1250. The molecule has 2 aromatic heterocycles. The third kappa shape index (κ3) is 4.33. The maximum absolute atomic E-state index is 11.4. The van der Waals surface area contributed by atoms with Gasteiger partial charge in [-0.15, -0.1) is 0 Å². The lowest BCUT2D eigenvalue weighted by Crippen LogP contribution is -2.47. The third-order valence-electron chi connectivity index (χ3n) is 5.79. The van der Waals surface area contributed by atoms with Crippen molar-refractivity contribution in [2.75, 3.05) is 44.2 Å². The van der Waals surface area contributed by atoms with E-state index in [1.807, 2.05) is 30.3 Å². The lowest BCUT2D eigenvalue weighted by molar-refractivity contribution is -0.383. The molecule has 0 aliphatic carbocycles. The minimum Gasteiger partial charge on any atom is -0.473 e. The van der Waals surface area contributed by atoms with Gasteiger partial charge >= 0.3 is 0 Å². The maximum Gasteiger partial charge on any atom is 0.283 e. The molecule has 4 aromatic rings. The van der Waals surface area contributed by atoms with Crippen molar-refractivity contribution in [2.24, 2.45) is 0 Å². The number of hydrogen-bond donors (Lipinski definition) is 0. The lowest BCUT2D eigenvalue weighted by atomic mass is 10.1. The van der Waals surface area contributed by atoms with Gasteiger partial charge in [0.25, 0.3) is 11.6 Å². The molecule has 33 heavy (non-hydrogen) atoms. The molecule has 0 unspecified atom stereocenters. The molecule has 0 atom stereocenters. The fourth-order valence-corrected chi connectivity index (χ4v) is 4.09. The fraction of sp³-hybridized carbons (Fsp3) is 0.261. The number of anilines is 1. The van der Waals surface area contributed by atoms with Crippen LogP contribution in [-0.2, 0) is 0 Å². The van der Waals surface area contributed by atoms with Crippen LogP contribution in [0.4, 0.5) is 11.4 Å². The molecule has 0 bridgehead atoms. The summed E-state index contributed by atoms with van der Waals surface area (Å²) in [5.74, 6) is 0.392. The maximum atomic E-state index is 11.4. The summed E-state index contributed by atoms with van der Waals surface area (Å²) in [5.41, 5.74) is 3.16. The van der Waals surface area contributed by atoms with E-state index in [4.69, 9.17) is 9.37 Å². The summed E-state index contributed by atoms with van der Waals surface area (Å²) in [4.78, 5) is 20.0. The van der Waals surface area contributed by atoms with E-state index in [0.29, 0.717) is 29.1 Å². The topological polar surface area (TPSA) is 111 Å². The van der Waals surface area contributed by atoms with Crippen molar-refractivity contribution in [1.82, 2.24) is 20.2 Å². The highest BCUT2D eigenvalue weighted by Crippen LogP contribution is 2.32. The number of nitro groups is 1. The quantitative estimate of drug-likeness (QED) is 0.311. The Balaban J connectivity index is 1.19. The summed E-state index contributed by atoms with van der Waals surface area (Å²) in [6.45, 7) is 4.49. The Hall–Kier alpha value is -4.05. The van der Waals surface area contributed by atoms with E-state index < -0.39 is 0 Å². The van der Waals surface area contributed by atoms with Gasteiger partial charge in [-0.3, -0.25) is 20.0 Å². The predicted octanol–water partition coefficient (Wildman–Crippen LogP) is 3.39. The van der Waals surface area contributed by atoms with Crippen LogP contribution in [0.3, 0.4) is 0 Å². The fourth-order valence-electron chi connectivity index (χ4n) is 4.09. The van der Waals surface area contributed by atoms with Gasteiger partial charge in [0.05, 0.1) is 16.0 Å². The van der Waals surface area contributed by atoms with Crippen molar-refractivity contribution in [3.05, 3.63) is 70.9 Å². The first-order valence-corrected chi connectivity index (χ1v) is 10.7. The standard InChI is InChI=1S/C23H22N6O4/c30-29(31)19-8-9-20(22-18(19)7-4-10-24-22)28-13-11-27(12-14-28)15-16-32-23-21(25-33-26-23)17-5-2-1-3-6-17/h1-10H,11-16H2. The number of benzene rings is 2. The molecule has 0 radical (unpaired) electrons. The third-order valence-corrected chi connectivity index (χ3v) is 5.79. The van der Waals surface area contributed by atoms with Crippen molar-refractivity contribution < 1.29 is 14.3 Å². The van der Waals surface area contributed by atoms with Gasteiger partial charge in [0.15, 0.2) is 5.69 Å². The van der Waals surface area contributed by atoms with Crippen LogP contribution < -0.4 is 9.64 Å². The zero-order valence-corrected chi connectivity index (χ0v) is 17.8. The van der Waals surface area contributed by atoms with Crippen LogP contribution in [0.15, 0.2) is 65.4 Å². The van der Waals surface area contributed by atoms with Crippen LogP contribution in [0.1, 0.15) is 0 Å². The molecule has 5 rings (SSSR count). The number of ether oxygens (including phenoxy) is 1. The molecule has 2 aromatic carbocycles. The highest BCUT2D eigenvalue weighted by Gasteiger charge is 2.22. The number of piperazine rings is 1. The number of rotatable bonds is 7. The average Bonchev–Trinajstić information content (AvgIpc) is 3.33. The summed E-state index contributed by atoms with van der Waals surface area (Å²) >= 11 is 0. The van der Waals surface area contributed by atoms with Gasteiger partial charge in [-0.25, -0.2) is 4.63 Å². The first-order chi connectivity index (χ1) is 16.2. The minimum absolute atomic E-state index is 0.0786. The molecule has 1 aliphatic rings. The molecule has 1 aliphatic heterocycles. The van der Waals surface area contributed by atoms with E-state index in [1.165, 1.54) is 0 Å². The van der Waals surface area contributed by atoms with E-state index in [-0.39, 0.29) is 10.6 Å². The normalized spacial score (nSPS) is 14.5. The van der Waals surface area contributed by atoms with Crippen LogP contribution >= 0.6 is 0 Å². The van der Waals surface area contributed by atoms with Crippen molar-refractivity contribution in [3.63, 3.8) is 0 Å². The highest BCUT2D eigenvalue weighted by molar-refractivity contribution is 5.97. The Morgan fingerprint density at radius 3 is 2.61 bits per heavy atom. The van der Waals surface area contributed by atoms with Crippen molar-refractivity contribution in [1.29, 1.82) is 0 Å². The molecule has 168 valence electrons. The molecule has 0 N–H and O–H groups in total. The van der Waals surface area contributed by atoms with Crippen LogP contribution in [0.25, 0.3) is 22.2 Å². The first-order valence-electron chi connectivity index (χ1n) is 10.7. The SMILES string of the molecule is O=[N+]([O-])c1ccc(N2CCN(CCOc3nonc3-c3ccccc3)CC2)c2ncccc12. The number of non-ortho nitro benzene ring substituents is 1. The highest BCUT2D eigenvalue weighted by atomic mass is 16.6. The zero-order chi connectivity index (χ0) is 22.6. The zero-order valence-electron chi connectivity index (χ0n) is 17.8. The first kappa shape index (κ1) is 20.8. The lowest BCUT2D eigenvalue weighted by Gasteiger charge is -2.36. The molecule has 0 saturated carbocycles.